The van der Waals surface area contributed by atoms with Crippen molar-refractivity contribution in [2.45, 2.75) is 26.4 Å². The summed E-state index contributed by atoms with van der Waals surface area (Å²) in [4.78, 5) is 11.2. The summed E-state index contributed by atoms with van der Waals surface area (Å²) in [5.41, 5.74) is 1.12. The first-order chi connectivity index (χ1) is 7.54. The summed E-state index contributed by atoms with van der Waals surface area (Å²) in [6, 6.07) is 4.76. The summed E-state index contributed by atoms with van der Waals surface area (Å²) >= 11 is 0. The third-order valence-electron chi connectivity index (χ3n) is 2.23. The normalized spacial score (nSPS) is 12.2. The summed E-state index contributed by atoms with van der Waals surface area (Å²) in [5, 5.41) is 18.9. The molecule has 2 N–H and O–H groups in total. The van der Waals surface area contributed by atoms with Gasteiger partial charge in [0.05, 0.1) is 19.1 Å². The van der Waals surface area contributed by atoms with Gasteiger partial charge in [-0.05, 0) is 25.5 Å². The largest absolute Gasteiger partial charge is 0.508 e. The van der Waals surface area contributed by atoms with Crippen LogP contribution in [0.25, 0.3) is 0 Å². The third kappa shape index (κ3) is 3.24. The fraction of sp³-hybridized carbons (Fsp3) is 0.417. The van der Waals surface area contributed by atoms with Crippen molar-refractivity contribution in [3.05, 3.63) is 29.3 Å². The van der Waals surface area contributed by atoms with Gasteiger partial charge in [-0.3, -0.25) is 4.79 Å². The van der Waals surface area contributed by atoms with Gasteiger partial charge < -0.3 is 14.9 Å². The summed E-state index contributed by atoms with van der Waals surface area (Å²) in [6.45, 7) is 3.67. The third-order valence-corrected chi connectivity index (χ3v) is 2.23. The van der Waals surface area contributed by atoms with Crippen molar-refractivity contribution in [3.8, 4) is 5.75 Å². The van der Waals surface area contributed by atoms with E-state index in [1.54, 1.807) is 26.0 Å². The number of carbonyl (C=O) groups is 1. The van der Waals surface area contributed by atoms with E-state index < -0.39 is 6.10 Å². The lowest BCUT2D eigenvalue weighted by molar-refractivity contribution is -0.142. The van der Waals surface area contributed by atoms with E-state index in [2.05, 4.69) is 0 Å². The number of aliphatic hydroxyl groups is 1. The molecule has 0 radical (unpaired) electrons. The number of benzene rings is 1. The highest BCUT2D eigenvalue weighted by Crippen LogP contribution is 2.23. The Morgan fingerprint density at radius 1 is 1.50 bits per heavy atom. The maximum atomic E-state index is 11.2. The Hall–Kier alpha value is -1.55. The van der Waals surface area contributed by atoms with Crippen LogP contribution in [0.5, 0.6) is 5.75 Å². The second kappa shape index (κ2) is 5.51. The predicted octanol–water partition coefficient (Wildman–Crippen LogP) is 1.55. The maximum absolute atomic E-state index is 11.2. The molecule has 88 valence electrons. The Balaban J connectivity index is 2.79. The molecule has 0 aliphatic heterocycles. The molecule has 1 aromatic carbocycles. The Bertz CT molecular complexity index is 371. The van der Waals surface area contributed by atoms with Gasteiger partial charge in [0.15, 0.2) is 0 Å². The molecule has 1 unspecified atom stereocenters. The molecule has 1 rings (SSSR count). The number of ether oxygens (including phenoxy) is 1. The molecule has 0 spiro atoms. The molecule has 1 aromatic rings. The van der Waals surface area contributed by atoms with Gasteiger partial charge in [0.25, 0.3) is 0 Å². The van der Waals surface area contributed by atoms with Gasteiger partial charge in [0, 0.05) is 5.56 Å². The van der Waals surface area contributed by atoms with Crippen molar-refractivity contribution in [2.24, 2.45) is 0 Å². The first-order valence-electron chi connectivity index (χ1n) is 5.20. The number of rotatable bonds is 4. The van der Waals surface area contributed by atoms with Gasteiger partial charge in [-0.25, -0.2) is 0 Å². The quantitative estimate of drug-likeness (QED) is 0.761. The van der Waals surface area contributed by atoms with Crippen LogP contribution in [0.4, 0.5) is 0 Å². The second-order valence-corrected chi connectivity index (χ2v) is 3.55. The van der Waals surface area contributed by atoms with Gasteiger partial charge in [0.1, 0.15) is 5.75 Å². The molecule has 0 bridgehead atoms. The van der Waals surface area contributed by atoms with E-state index in [1.807, 2.05) is 0 Å². The van der Waals surface area contributed by atoms with Crippen LogP contribution in [0.3, 0.4) is 0 Å². The minimum absolute atomic E-state index is 0.00598. The minimum atomic E-state index is -0.637. The number of carbonyl (C=O) groups excluding carboxylic acids is 1. The lowest BCUT2D eigenvalue weighted by atomic mass is 10.0. The highest BCUT2D eigenvalue weighted by atomic mass is 16.5. The zero-order chi connectivity index (χ0) is 12.1. The zero-order valence-electron chi connectivity index (χ0n) is 9.43. The van der Waals surface area contributed by atoms with E-state index in [9.17, 15) is 15.0 Å². The van der Waals surface area contributed by atoms with Crippen molar-refractivity contribution in [1.29, 1.82) is 0 Å². The molecule has 1 atom stereocenters. The van der Waals surface area contributed by atoms with Crippen molar-refractivity contribution in [2.75, 3.05) is 6.61 Å². The molecule has 0 aliphatic rings. The van der Waals surface area contributed by atoms with Gasteiger partial charge in [-0.1, -0.05) is 12.1 Å². The van der Waals surface area contributed by atoms with Gasteiger partial charge in [-0.2, -0.15) is 0 Å². The number of hydrogen-bond acceptors (Lipinski definition) is 4. The van der Waals surface area contributed by atoms with Gasteiger partial charge in [-0.15, -0.1) is 0 Å². The molecule has 0 aliphatic carbocycles. The average Bonchev–Trinajstić information content (AvgIpc) is 2.21. The SMILES string of the molecule is CCOC(=O)Cc1ccc(C(C)O)cc1O. The van der Waals surface area contributed by atoms with E-state index in [-0.39, 0.29) is 18.1 Å². The fourth-order valence-electron chi connectivity index (χ4n) is 1.36. The van der Waals surface area contributed by atoms with Crippen LogP contribution in [-0.2, 0) is 16.0 Å². The van der Waals surface area contributed by atoms with Crippen molar-refractivity contribution in [3.63, 3.8) is 0 Å². The van der Waals surface area contributed by atoms with Crippen LogP contribution in [0.2, 0.25) is 0 Å². The Morgan fingerprint density at radius 2 is 2.19 bits per heavy atom. The Kier molecular flexibility index (Phi) is 4.31. The summed E-state index contributed by atoms with van der Waals surface area (Å²) in [7, 11) is 0. The highest BCUT2D eigenvalue weighted by Gasteiger charge is 2.10. The van der Waals surface area contributed by atoms with E-state index in [4.69, 9.17) is 4.74 Å². The van der Waals surface area contributed by atoms with E-state index in [0.29, 0.717) is 17.7 Å². The van der Waals surface area contributed by atoms with E-state index in [1.165, 1.54) is 6.07 Å². The summed E-state index contributed by atoms with van der Waals surface area (Å²) < 4.78 is 4.78. The molecular weight excluding hydrogens is 208 g/mol. The lowest BCUT2D eigenvalue weighted by Crippen LogP contribution is -2.07. The van der Waals surface area contributed by atoms with Crippen LogP contribution in [-0.4, -0.2) is 22.8 Å². The number of phenolic OH excluding ortho intramolecular Hbond substituents is 1. The molecule has 16 heavy (non-hydrogen) atoms. The highest BCUT2D eigenvalue weighted by molar-refractivity contribution is 5.73. The molecule has 0 saturated heterocycles. The summed E-state index contributed by atoms with van der Waals surface area (Å²) in [6.07, 6.45) is -0.595. The number of phenols is 1. The standard InChI is InChI=1S/C12H16O4/c1-3-16-12(15)7-10-5-4-9(8(2)13)6-11(10)14/h4-6,8,13-14H,3,7H2,1-2H3. The Morgan fingerprint density at radius 3 is 2.69 bits per heavy atom. The molecular formula is C12H16O4. The maximum Gasteiger partial charge on any atom is 0.310 e. The zero-order valence-corrected chi connectivity index (χ0v) is 9.43. The predicted molar refractivity (Wildman–Crippen MR) is 59.1 cm³/mol. The number of aliphatic hydroxyl groups excluding tert-OH is 1. The first-order valence-corrected chi connectivity index (χ1v) is 5.20. The molecule has 4 nitrogen and oxygen atoms in total. The number of aromatic hydroxyl groups is 1. The van der Waals surface area contributed by atoms with Crippen molar-refractivity contribution in [1.82, 2.24) is 0 Å². The van der Waals surface area contributed by atoms with Crippen LogP contribution in [0.1, 0.15) is 31.1 Å². The molecule has 0 amide bonds. The minimum Gasteiger partial charge on any atom is -0.508 e. The molecule has 0 saturated carbocycles. The second-order valence-electron chi connectivity index (χ2n) is 3.55. The monoisotopic (exact) mass is 224 g/mol. The lowest BCUT2D eigenvalue weighted by Gasteiger charge is -2.08. The van der Waals surface area contributed by atoms with Gasteiger partial charge >= 0.3 is 5.97 Å². The number of hydrogen-bond donors (Lipinski definition) is 2. The van der Waals surface area contributed by atoms with Crippen molar-refractivity contribution < 1.29 is 19.7 Å². The van der Waals surface area contributed by atoms with Crippen LogP contribution >= 0.6 is 0 Å². The average molecular weight is 224 g/mol. The fourth-order valence-corrected chi connectivity index (χ4v) is 1.36. The Labute approximate surface area is 94.5 Å². The van der Waals surface area contributed by atoms with Crippen LogP contribution < -0.4 is 0 Å². The molecule has 0 heterocycles. The van der Waals surface area contributed by atoms with E-state index in [0.717, 1.165) is 0 Å². The first kappa shape index (κ1) is 12.5. The topological polar surface area (TPSA) is 66.8 Å². The van der Waals surface area contributed by atoms with Crippen LogP contribution in [0, 0.1) is 0 Å². The number of esters is 1. The smallest absolute Gasteiger partial charge is 0.310 e. The molecule has 0 fully saturated rings. The molecule has 0 aromatic heterocycles. The van der Waals surface area contributed by atoms with E-state index >= 15 is 0 Å². The summed E-state index contributed by atoms with van der Waals surface area (Å²) in [5.74, 6) is -0.367. The van der Waals surface area contributed by atoms with Gasteiger partial charge in [0.2, 0.25) is 0 Å². The van der Waals surface area contributed by atoms with Crippen molar-refractivity contribution >= 4 is 5.97 Å². The molecule has 4 heteroatoms. The van der Waals surface area contributed by atoms with Crippen LogP contribution in [0.15, 0.2) is 18.2 Å².